The Balaban J connectivity index is 1.95. The van der Waals surface area contributed by atoms with E-state index in [4.69, 9.17) is 9.05 Å². The van der Waals surface area contributed by atoms with Crippen molar-refractivity contribution in [1.82, 2.24) is 4.67 Å². The molecule has 2 aromatic carbocycles. The molecule has 0 spiro atoms. The first-order valence-electron chi connectivity index (χ1n) is 11.8. The molecular weight excluding hydrogens is 413 g/mol. The minimum absolute atomic E-state index is 0.0773. The molecule has 3 rings (SSSR count). The molecule has 0 bridgehead atoms. The molecule has 1 aliphatic rings. The van der Waals surface area contributed by atoms with Crippen LogP contribution in [0.25, 0.3) is 0 Å². The molecule has 32 heavy (non-hydrogen) atoms. The van der Waals surface area contributed by atoms with Crippen LogP contribution in [-0.2, 0) is 9.05 Å². The van der Waals surface area contributed by atoms with Crippen LogP contribution in [-0.4, -0.2) is 23.9 Å². The van der Waals surface area contributed by atoms with Crippen LogP contribution < -0.4 is 0 Å². The highest BCUT2D eigenvalue weighted by atomic mass is 31.2. The summed E-state index contributed by atoms with van der Waals surface area (Å²) in [5.41, 5.74) is 5.09. The molecular formula is C28H38NO2P. The van der Waals surface area contributed by atoms with Gasteiger partial charge in [-0.2, -0.15) is 0 Å². The van der Waals surface area contributed by atoms with E-state index in [1.165, 1.54) is 22.3 Å². The Labute approximate surface area is 196 Å². The molecule has 0 saturated heterocycles. The van der Waals surface area contributed by atoms with Crippen LogP contribution in [0.1, 0.15) is 67.8 Å². The van der Waals surface area contributed by atoms with Crippen molar-refractivity contribution < 1.29 is 9.05 Å². The van der Waals surface area contributed by atoms with Gasteiger partial charge >= 0.3 is 0 Å². The van der Waals surface area contributed by atoms with Gasteiger partial charge in [-0.05, 0) is 64.5 Å². The number of benzene rings is 2. The molecule has 172 valence electrons. The largest absolute Gasteiger partial charge is 0.322 e. The quantitative estimate of drug-likeness (QED) is 0.339. The van der Waals surface area contributed by atoms with Crippen LogP contribution in [0, 0.1) is 13.8 Å². The highest BCUT2D eigenvalue weighted by molar-refractivity contribution is 7.44. The van der Waals surface area contributed by atoms with E-state index in [1.807, 2.05) is 0 Å². The summed E-state index contributed by atoms with van der Waals surface area (Å²) in [6, 6.07) is 18.1. The molecule has 0 N–H and O–H groups in total. The average molecular weight is 452 g/mol. The van der Waals surface area contributed by atoms with Gasteiger partial charge in [0.25, 0.3) is 8.53 Å². The number of hydrogen-bond acceptors (Lipinski definition) is 3. The van der Waals surface area contributed by atoms with Gasteiger partial charge in [0.2, 0.25) is 0 Å². The van der Waals surface area contributed by atoms with Crippen molar-refractivity contribution >= 4 is 8.53 Å². The second-order valence-electron chi connectivity index (χ2n) is 8.71. The second-order valence-corrected chi connectivity index (χ2v) is 10.2. The molecule has 3 nitrogen and oxygen atoms in total. The van der Waals surface area contributed by atoms with E-state index in [-0.39, 0.29) is 12.1 Å². The van der Waals surface area contributed by atoms with Gasteiger partial charge in [0.05, 0.1) is 19.3 Å². The number of hydrogen-bond donors (Lipinski definition) is 0. The summed E-state index contributed by atoms with van der Waals surface area (Å²) in [5, 5.41) is 0. The van der Waals surface area contributed by atoms with Gasteiger partial charge in [0, 0.05) is 6.04 Å². The molecule has 4 heteroatoms. The SMILES string of the molecule is Cc1ccc(C(c2ccc(C)cc2)N(C(C)C)P2OCCC=CCC=CCCCO2)cc1. The summed E-state index contributed by atoms with van der Waals surface area (Å²) in [4.78, 5) is 0. The van der Waals surface area contributed by atoms with Gasteiger partial charge in [-0.1, -0.05) is 84.0 Å². The van der Waals surface area contributed by atoms with E-state index in [0.717, 1.165) is 25.7 Å². The monoisotopic (exact) mass is 451 g/mol. The fourth-order valence-electron chi connectivity index (χ4n) is 3.80. The predicted octanol–water partition coefficient (Wildman–Crippen LogP) is 8.05. The molecule has 0 saturated carbocycles. The topological polar surface area (TPSA) is 21.7 Å². The zero-order valence-electron chi connectivity index (χ0n) is 20.0. The van der Waals surface area contributed by atoms with Crippen LogP contribution in [0.15, 0.2) is 72.8 Å². The Morgan fingerprint density at radius 2 is 1.25 bits per heavy atom. The van der Waals surface area contributed by atoms with E-state index in [9.17, 15) is 0 Å². The molecule has 1 heterocycles. The molecule has 2 aromatic rings. The lowest BCUT2D eigenvalue weighted by Crippen LogP contribution is -2.33. The van der Waals surface area contributed by atoms with Gasteiger partial charge in [-0.15, -0.1) is 0 Å². The maximum Gasteiger partial charge on any atom is 0.259 e. The Morgan fingerprint density at radius 3 is 1.81 bits per heavy atom. The van der Waals surface area contributed by atoms with Gasteiger partial charge < -0.3 is 9.05 Å². The van der Waals surface area contributed by atoms with Gasteiger partial charge in [0.15, 0.2) is 0 Å². The summed E-state index contributed by atoms with van der Waals surface area (Å²) >= 11 is 0. The van der Waals surface area contributed by atoms with Crippen LogP contribution in [0.5, 0.6) is 0 Å². The first-order chi connectivity index (χ1) is 15.6. The molecule has 1 atom stereocenters. The Bertz CT molecular complexity index is 813. The van der Waals surface area contributed by atoms with Gasteiger partial charge in [-0.3, -0.25) is 0 Å². The Morgan fingerprint density at radius 1 is 0.719 bits per heavy atom. The van der Waals surface area contributed by atoms with Crippen LogP contribution in [0.3, 0.4) is 0 Å². The second kappa shape index (κ2) is 13.1. The first-order valence-corrected chi connectivity index (χ1v) is 13.0. The summed E-state index contributed by atoms with van der Waals surface area (Å²) in [7, 11) is -1.20. The lowest BCUT2D eigenvalue weighted by molar-refractivity contribution is 0.176. The number of aryl methyl sites for hydroxylation is 2. The third-order valence-electron chi connectivity index (χ3n) is 5.58. The maximum absolute atomic E-state index is 6.46. The van der Waals surface area contributed by atoms with E-state index in [0.29, 0.717) is 13.2 Å². The van der Waals surface area contributed by atoms with E-state index in [1.54, 1.807) is 0 Å². The smallest absolute Gasteiger partial charge is 0.259 e. The van der Waals surface area contributed by atoms with Crippen molar-refractivity contribution in [3.8, 4) is 0 Å². The zero-order chi connectivity index (χ0) is 22.8. The molecule has 0 fully saturated rings. The zero-order valence-corrected chi connectivity index (χ0v) is 20.9. The third kappa shape index (κ3) is 7.39. The summed E-state index contributed by atoms with van der Waals surface area (Å²) < 4.78 is 15.4. The van der Waals surface area contributed by atoms with Crippen molar-refractivity contribution in [2.75, 3.05) is 13.2 Å². The molecule has 1 unspecified atom stereocenters. The van der Waals surface area contributed by atoms with Crippen LogP contribution in [0.4, 0.5) is 0 Å². The lowest BCUT2D eigenvalue weighted by atomic mass is 9.96. The van der Waals surface area contributed by atoms with Crippen molar-refractivity contribution in [1.29, 1.82) is 0 Å². The minimum Gasteiger partial charge on any atom is -0.322 e. The number of allylic oxidation sites excluding steroid dienone is 3. The van der Waals surface area contributed by atoms with Crippen LogP contribution >= 0.6 is 8.53 Å². The molecule has 0 radical (unpaired) electrons. The van der Waals surface area contributed by atoms with Crippen molar-refractivity contribution in [2.45, 2.75) is 65.5 Å². The average Bonchev–Trinajstić information content (AvgIpc) is 2.80. The lowest BCUT2D eigenvalue weighted by Gasteiger charge is -2.39. The molecule has 0 amide bonds. The predicted molar refractivity (Wildman–Crippen MR) is 137 cm³/mol. The third-order valence-corrected chi connectivity index (χ3v) is 7.45. The van der Waals surface area contributed by atoms with E-state index in [2.05, 4.69) is 105 Å². The van der Waals surface area contributed by atoms with E-state index < -0.39 is 8.53 Å². The standard InChI is InChI=1S/C28H38NO2P/c1-23(2)29(32-30-21-11-9-7-5-6-8-10-12-22-31-32)28(26-17-13-24(3)14-18-26)27-19-15-25(4)16-20-27/h5,7-8,10,13-20,23,28H,6,9,11-12,21-22H2,1-4H3. The van der Waals surface area contributed by atoms with Crippen LogP contribution in [0.2, 0.25) is 0 Å². The minimum atomic E-state index is -1.20. The van der Waals surface area contributed by atoms with E-state index >= 15 is 0 Å². The normalized spacial score (nSPS) is 18.5. The Hall–Kier alpha value is -1.77. The van der Waals surface area contributed by atoms with Gasteiger partial charge in [0.1, 0.15) is 0 Å². The maximum atomic E-state index is 6.46. The Kier molecular flexibility index (Phi) is 10.1. The summed E-state index contributed by atoms with van der Waals surface area (Å²) in [5.74, 6) is 0. The molecule has 0 aromatic heterocycles. The number of nitrogens with zero attached hydrogens (tertiary/aromatic N) is 1. The summed E-state index contributed by atoms with van der Waals surface area (Å²) in [6.45, 7) is 10.1. The highest BCUT2D eigenvalue weighted by Gasteiger charge is 2.33. The molecule has 0 aliphatic carbocycles. The van der Waals surface area contributed by atoms with Crippen molar-refractivity contribution in [2.24, 2.45) is 0 Å². The fraction of sp³-hybridized carbons (Fsp3) is 0.429. The van der Waals surface area contributed by atoms with Crippen molar-refractivity contribution in [3.63, 3.8) is 0 Å². The molecule has 1 aliphatic heterocycles. The van der Waals surface area contributed by atoms with Gasteiger partial charge in [-0.25, -0.2) is 4.67 Å². The fourth-order valence-corrected chi connectivity index (χ4v) is 5.52. The van der Waals surface area contributed by atoms with Crippen molar-refractivity contribution in [3.05, 3.63) is 95.1 Å². The summed E-state index contributed by atoms with van der Waals surface area (Å²) in [6.07, 6.45) is 12.9. The number of rotatable bonds is 5. The highest BCUT2D eigenvalue weighted by Crippen LogP contribution is 2.51. The first kappa shape index (κ1) is 24.9.